The van der Waals surface area contributed by atoms with Gasteiger partial charge in [0.15, 0.2) is 0 Å². The van der Waals surface area contributed by atoms with Crippen molar-refractivity contribution in [1.29, 1.82) is 0 Å². The van der Waals surface area contributed by atoms with Gasteiger partial charge in [-0.2, -0.15) is 0 Å². The molecule has 1 aromatic heterocycles. The average Bonchev–Trinajstić information content (AvgIpc) is 3.35. The molecule has 0 atom stereocenters. The third-order valence-electron chi connectivity index (χ3n) is 5.65. The van der Waals surface area contributed by atoms with E-state index in [9.17, 15) is 25.0 Å². The number of thiazole rings is 1. The average molecular weight is 539 g/mol. The predicted octanol–water partition coefficient (Wildman–Crippen LogP) is 7.06. The second kappa shape index (κ2) is 10.6. The van der Waals surface area contributed by atoms with Crippen LogP contribution in [0.5, 0.6) is 5.75 Å². The van der Waals surface area contributed by atoms with Crippen LogP contribution in [0, 0.1) is 27.2 Å². The quantitative estimate of drug-likeness (QED) is 0.0711. The molecular weight excluding hydrogens is 520 g/mol. The number of aryl methyl sites for hydroxylation is 1. The van der Waals surface area contributed by atoms with Gasteiger partial charge >= 0.3 is 5.97 Å². The fourth-order valence-corrected chi connectivity index (χ4v) is 4.70. The van der Waals surface area contributed by atoms with Crippen molar-refractivity contribution in [2.75, 3.05) is 0 Å². The number of nitrogens with zero attached hydrogens (tertiary/aromatic N) is 4. The van der Waals surface area contributed by atoms with Gasteiger partial charge in [0.25, 0.3) is 11.4 Å². The van der Waals surface area contributed by atoms with Gasteiger partial charge in [-0.25, -0.2) is 9.78 Å². The molecule has 192 valence electrons. The van der Waals surface area contributed by atoms with Crippen LogP contribution in [0.3, 0.4) is 0 Å². The molecule has 5 rings (SSSR count). The van der Waals surface area contributed by atoms with Gasteiger partial charge < -0.3 is 4.74 Å². The summed E-state index contributed by atoms with van der Waals surface area (Å²) in [5.41, 5.74) is 3.00. The third kappa shape index (κ3) is 5.84. The van der Waals surface area contributed by atoms with Crippen molar-refractivity contribution < 1.29 is 19.4 Å². The van der Waals surface area contributed by atoms with Crippen LogP contribution in [-0.4, -0.2) is 27.0 Å². The molecule has 0 fully saturated rings. The van der Waals surface area contributed by atoms with Crippen LogP contribution in [-0.2, 0) is 0 Å². The maximum absolute atomic E-state index is 12.6. The van der Waals surface area contributed by atoms with E-state index in [4.69, 9.17) is 9.72 Å². The Morgan fingerprint density at radius 1 is 0.923 bits per heavy atom. The zero-order valence-electron chi connectivity index (χ0n) is 20.3. The topological polar surface area (TPSA) is 138 Å². The lowest BCUT2D eigenvalue weighted by molar-refractivity contribution is -0.394. The minimum Gasteiger partial charge on any atom is -0.423 e. The highest BCUT2D eigenvalue weighted by Crippen LogP contribution is 2.31. The zero-order chi connectivity index (χ0) is 27.5. The van der Waals surface area contributed by atoms with E-state index in [1.54, 1.807) is 35.8 Å². The van der Waals surface area contributed by atoms with E-state index in [1.807, 2.05) is 31.2 Å². The van der Waals surface area contributed by atoms with E-state index in [0.29, 0.717) is 11.3 Å². The first-order chi connectivity index (χ1) is 18.7. The number of nitro benzene ring substituents is 2. The lowest BCUT2D eigenvalue weighted by atomic mass is 10.1. The molecule has 0 aliphatic heterocycles. The zero-order valence-corrected chi connectivity index (χ0v) is 21.1. The Hall–Kier alpha value is -5.29. The number of benzene rings is 4. The highest BCUT2D eigenvalue weighted by atomic mass is 32.1. The Balaban J connectivity index is 1.30. The normalized spacial score (nSPS) is 11.1. The fraction of sp³-hybridized carbons (Fsp3) is 0.0357. The van der Waals surface area contributed by atoms with Crippen LogP contribution in [0.1, 0.15) is 21.5 Å². The molecule has 4 aromatic carbocycles. The second-order valence-electron chi connectivity index (χ2n) is 8.51. The number of aliphatic imine (C=N–C) groups is 1. The third-order valence-corrected chi connectivity index (χ3v) is 6.73. The Labute approximate surface area is 225 Å². The molecule has 0 radical (unpaired) electrons. The molecular formula is C28H18N4O6S. The van der Waals surface area contributed by atoms with Gasteiger partial charge in [0.05, 0.1) is 37.4 Å². The van der Waals surface area contributed by atoms with Crippen molar-refractivity contribution in [1.82, 2.24) is 4.98 Å². The molecule has 0 N–H and O–H groups in total. The largest absolute Gasteiger partial charge is 0.423 e. The molecule has 11 heteroatoms. The number of hydrogen-bond donors (Lipinski definition) is 0. The Bertz CT molecular complexity index is 1750. The van der Waals surface area contributed by atoms with E-state index < -0.39 is 27.2 Å². The van der Waals surface area contributed by atoms with Gasteiger partial charge in [0.1, 0.15) is 10.8 Å². The number of ether oxygens (including phenoxy) is 1. The van der Waals surface area contributed by atoms with E-state index in [2.05, 4.69) is 23.2 Å². The van der Waals surface area contributed by atoms with Crippen molar-refractivity contribution in [2.45, 2.75) is 6.92 Å². The number of hydrogen-bond acceptors (Lipinski definition) is 9. The molecule has 0 aliphatic carbocycles. The lowest BCUT2D eigenvalue weighted by Crippen LogP contribution is -2.10. The summed E-state index contributed by atoms with van der Waals surface area (Å²) in [6.45, 7) is 2.04. The summed E-state index contributed by atoms with van der Waals surface area (Å²) in [5.74, 6) is -0.809. The highest BCUT2D eigenvalue weighted by molar-refractivity contribution is 7.21. The van der Waals surface area contributed by atoms with Crippen molar-refractivity contribution in [3.05, 3.63) is 122 Å². The predicted molar refractivity (Wildman–Crippen MR) is 148 cm³/mol. The molecule has 10 nitrogen and oxygen atoms in total. The summed E-state index contributed by atoms with van der Waals surface area (Å²) in [7, 11) is 0. The molecule has 5 aromatic rings. The number of non-ortho nitro benzene ring substituents is 2. The number of carbonyl (C=O) groups excluding carboxylic acids is 1. The van der Waals surface area contributed by atoms with Crippen LogP contribution in [0.25, 0.3) is 20.8 Å². The number of fused-ring (bicyclic) bond motifs is 1. The molecule has 0 amide bonds. The van der Waals surface area contributed by atoms with E-state index in [1.165, 1.54) is 6.07 Å². The minimum absolute atomic E-state index is 0.152. The first-order valence-electron chi connectivity index (χ1n) is 11.5. The summed E-state index contributed by atoms with van der Waals surface area (Å²) >= 11 is 1.63. The Kier molecular flexibility index (Phi) is 6.89. The summed E-state index contributed by atoms with van der Waals surface area (Å²) in [6, 6.07) is 23.0. The minimum atomic E-state index is -0.962. The molecule has 39 heavy (non-hydrogen) atoms. The van der Waals surface area contributed by atoms with Crippen molar-refractivity contribution in [2.24, 2.45) is 4.99 Å². The van der Waals surface area contributed by atoms with Gasteiger partial charge in [0, 0.05) is 23.9 Å². The summed E-state index contributed by atoms with van der Waals surface area (Å²) < 4.78 is 6.43. The number of carbonyl (C=O) groups is 1. The molecule has 0 saturated heterocycles. The molecule has 1 heterocycles. The summed E-state index contributed by atoms with van der Waals surface area (Å²) in [5, 5.41) is 23.1. The van der Waals surface area contributed by atoms with Gasteiger partial charge in [-0.1, -0.05) is 18.2 Å². The SMILES string of the molecule is Cc1ccc2sc(-c3ccc(N=Cc4cccc(OC(=O)c5cc([N+](=O)[O-])cc([N+](=O)[O-])c5)c4)cc3)nc2c1. The van der Waals surface area contributed by atoms with Gasteiger partial charge in [-0.15, -0.1) is 11.3 Å². The molecule has 0 spiro atoms. The monoisotopic (exact) mass is 538 g/mol. The fourth-order valence-electron chi connectivity index (χ4n) is 3.75. The summed E-state index contributed by atoms with van der Waals surface area (Å²) in [4.78, 5) is 42.3. The summed E-state index contributed by atoms with van der Waals surface area (Å²) in [6.07, 6.45) is 1.60. The first-order valence-corrected chi connectivity index (χ1v) is 12.3. The van der Waals surface area contributed by atoms with Gasteiger partial charge in [-0.3, -0.25) is 25.2 Å². The number of nitro groups is 2. The Morgan fingerprint density at radius 3 is 2.33 bits per heavy atom. The highest BCUT2D eigenvalue weighted by Gasteiger charge is 2.21. The standard InChI is InChI=1S/C28H18N4O6S/c1-17-5-10-26-25(11-17)30-27(39-26)19-6-8-21(9-7-19)29-16-18-3-2-4-24(12-18)38-28(33)20-13-22(31(34)35)15-23(14-20)32(36)37/h2-16H,1H3. The maximum atomic E-state index is 12.6. The van der Waals surface area contributed by atoms with Crippen LogP contribution >= 0.6 is 11.3 Å². The second-order valence-corrected chi connectivity index (χ2v) is 9.54. The molecule has 0 aliphatic rings. The van der Waals surface area contributed by atoms with Crippen molar-refractivity contribution >= 4 is 50.8 Å². The van der Waals surface area contributed by atoms with Gasteiger partial charge in [0.2, 0.25) is 0 Å². The smallest absolute Gasteiger partial charge is 0.344 e. The van der Waals surface area contributed by atoms with Crippen LogP contribution < -0.4 is 4.74 Å². The van der Waals surface area contributed by atoms with Crippen molar-refractivity contribution in [3.8, 4) is 16.3 Å². The number of rotatable bonds is 7. The number of aromatic nitrogens is 1. The molecule has 0 saturated carbocycles. The van der Waals surface area contributed by atoms with Crippen molar-refractivity contribution in [3.63, 3.8) is 0 Å². The van der Waals surface area contributed by atoms with Crippen LogP contribution in [0.2, 0.25) is 0 Å². The number of esters is 1. The maximum Gasteiger partial charge on any atom is 0.344 e. The lowest BCUT2D eigenvalue weighted by Gasteiger charge is -2.05. The van der Waals surface area contributed by atoms with E-state index in [-0.39, 0.29) is 11.3 Å². The van der Waals surface area contributed by atoms with Crippen LogP contribution in [0.15, 0.2) is 89.9 Å². The molecule has 0 bridgehead atoms. The van der Waals surface area contributed by atoms with Gasteiger partial charge in [-0.05, 0) is 66.6 Å². The van der Waals surface area contributed by atoms with E-state index >= 15 is 0 Å². The first kappa shape index (κ1) is 25.4. The Morgan fingerprint density at radius 2 is 1.64 bits per heavy atom. The van der Waals surface area contributed by atoms with E-state index in [0.717, 1.165) is 44.6 Å². The molecule has 0 unspecified atom stereocenters. The van der Waals surface area contributed by atoms with Crippen LogP contribution in [0.4, 0.5) is 17.1 Å².